The van der Waals surface area contributed by atoms with E-state index in [2.05, 4.69) is 20.2 Å². The van der Waals surface area contributed by atoms with Gasteiger partial charge in [0.2, 0.25) is 0 Å². The lowest BCUT2D eigenvalue weighted by Crippen LogP contribution is -2.25. The van der Waals surface area contributed by atoms with E-state index in [1.807, 2.05) is 66.7 Å². The lowest BCUT2D eigenvalue weighted by Gasteiger charge is -2.17. The Hall–Kier alpha value is -3.97. The molecule has 1 atom stereocenters. The van der Waals surface area contributed by atoms with Gasteiger partial charge in [-0.05, 0) is 73.4 Å². The molecule has 1 unspecified atom stereocenters. The maximum Gasteiger partial charge on any atom is 0.251 e. The SMILES string of the molecule is O=C(Cc1ccc2nc(-c3ccc(C(=O)NC4CC4)cc3)[nH]c2c1)c1ccc(N2CCC(O)C2)cc1. The second-order valence-electron chi connectivity index (χ2n) is 9.80. The predicted octanol–water partition coefficient (Wildman–Crippen LogP) is 4.12. The topological polar surface area (TPSA) is 98.3 Å². The summed E-state index contributed by atoms with van der Waals surface area (Å²) in [7, 11) is 0. The van der Waals surface area contributed by atoms with Crippen LogP contribution in [0.2, 0.25) is 0 Å². The molecule has 2 fully saturated rings. The van der Waals surface area contributed by atoms with Gasteiger partial charge in [0, 0.05) is 47.9 Å². The maximum absolute atomic E-state index is 12.9. The molecule has 0 radical (unpaired) electrons. The van der Waals surface area contributed by atoms with Gasteiger partial charge in [0.05, 0.1) is 17.1 Å². The highest BCUT2D eigenvalue weighted by Gasteiger charge is 2.24. The molecule has 1 saturated heterocycles. The van der Waals surface area contributed by atoms with Crippen molar-refractivity contribution < 1.29 is 14.7 Å². The summed E-state index contributed by atoms with van der Waals surface area (Å²) in [5.74, 6) is 0.750. The first kappa shape index (κ1) is 22.5. The number of hydrogen-bond acceptors (Lipinski definition) is 5. The van der Waals surface area contributed by atoms with Gasteiger partial charge in [0.1, 0.15) is 5.82 Å². The number of anilines is 1. The molecule has 1 amide bonds. The molecule has 36 heavy (non-hydrogen) atoms. The average molecular weight is 481 g/mol. The van der Waals surface area contributed by atoms with E-state index in [-0.39, 0.29) is 17.8 Å². The zero-order chi connectivity index (χ0) is 24.6. The molecular formula is C29H28N4O3. The van der Waals surface area contributed by atoms with E-state index in [0.717, 1.165) is 59.5 Å². The number of nitrogens with zero attached hydrogens (tertiary/aromatic N) is 2. The van der Waals surface area contributed by atoms with Gasteiger partial charge < -0.3 is 20.3 Å². The standard InChI is InChI=1S/C29H28N4O3/c34-24-13-14-33(17-24)23-10-6-19(7-11-23)27(35)16-18-1-12-25-26(15-18)32-28(31-25)20-2-4-21(5-3-20)29(36)30-22-8-9-22/h1-7,10-12,15,22,24,34H,8-9,13-14,16-17H2,(H,30,36)(H,31,32). The first-order valence-electron chi connectivity index (χ1n) is 12.5. The van der Waals surface area contributed by atoms with Crippen LogP contribution in [0.3, 0.4) is 0 Å². The van der Waals surface area contributed by atoms with E-state index < -0.39 is 0 Å². The zero-order valence-electron chi connectivity index (χ0n) is 19.9. The fourth-order valence-corrected chi connectivity index (χ4v) is 4.70. The minimum Gasteiger partial charge on any atom is -0.391 e. The Balaban J connectivity index is 1.14. The van der Waals surface area contributed by atoms with Gasteiger partial charge in [-0.1, -0.05) is 18.2 Å². The molecule has 7 nitrogen and oxygen atoms in total. The molecule has 1 aromatic heterocycles. The van der Waals surface area contributed by atoms with Crippen LogP contribution in [0, 0.1) is 0 Å². The number of aliphatic hydroxyl groups excluding tert-OH is 1. The number of amides is 1. The van der Waals surface area contributed by atoms with Crippen molar-refractivity contribution in [2.24, 2.45) is 0 Å². The van der Waals surface area contributed by atoms with Gasteiger partial charge in [-0.3, -0.25) is 9.59 Å². The molecule has 4 aromatic rings. The molecule has 3 N–H and O–H groups in total. The minimum atomic E-state index is -0.276. The predicted molar refractivity (Wildman–Crippen MR) is 139 cm³/mol. The number of benzene rings is 3. The van der Waals surface area contributed by atoms with Gasteiger partial charge in [-0.2, -0.15) is 0 Å². The van der Waals surface area contributed by atoms with Crippen LogP contribution in [0.4, 0.5) is 5.69 Å². The Kier molecular flexibility index (Phi) is 5.77. The molecule has 1 aliphatic heterocycles. The van der Waals surface area contributed by atoms with Crippen molar-refractivity contribution in [2.75, 3.05) is 18.0 Å². The number of hydrogen-bond donors (Lipinski definition) is 3. The van der Waals surface area contributed by atoms with Crippen molar-refractivity contribution in [1.29, 1.82) is 0 Å². The van der Waals surface area contributed by atoms with Crippen LogP contribution < -0.4 is 10.2 Å². The van der Waals surface area contributed by atoms with Crippen LogP contribution in [0.25, 0.3) is 22.4 Å². The van der Waals surface area contributed by atoms with Crippen molar-refractivity contribution in [3.05, 3.63) is 83.4 Å². The summed E-state index contributed by atoms with van der Waals surface area (Å²) >= 11 is 0. The smallest absolute Gasteiger partial charge is 0.251 e. The number of H-pyrrole nitrogens is 1. The third-order valence-corrected chi connectivity index (χ3v) is 6.96. The van der Waals surface area contributed by atoms with Crippen LogP contribution in [0.1, 0.15) is 45.5 Å². The number of nitrogens with one attached hydrogen (secondary N) is 2. The summed E-state index contributed by atoms with van der Waals surface area (Å²) < 4.78 is 0. The lowest BCUT2D eigenvalue weighted by atomic mass is 10.0. The Morgan fingerprint density at radius 1 is 0.972 bits per heavy atom. The summed E-state index contributed by atoms with van der Waals surface area (Å²) in [5.41, 5.74) is 5.87. The van der Waals surface area contributed by atoms with Gasteiger partial charge >= 0.3 is 0 Å². The van der Waals surface area contributed by atoms with Crippen molar-refractivity contribution in [1.82, 2.24) is 15.3 Å². The van der Waals surface area contributed by atoms with Gasteiger partial charge in [0.25, 0.3) is 5.91 Å². The molecule has 3 aromatic carbocycles. The lowest BCUT2D eigenvalue weighted by molar-refractivity contribution is 0.0949. The van der Waals surface area contributed by atoms with Crippen LogP contribution in [-0.4, -0.2) is 52.0 Å². The molecule has 7 heteroatoms. The number of carbonyl (C=O) groups is 2. The summed E-state index contributed by atoms with van der Waals surface area (Å²) in [6.45, 7) is 1.47. The highest BCUT2D eigenvalue weighted by Crippen LogP contribution is 2.25. The number of aliphatic hydroxyl groups is 1. The monoisotopic (exact) mass is 480 g/mol. The fraction of sp³-hybridized carbons (Fsp3) is 0.276. The Bertz CT molecular complexity index is 1420. The quantitative estimate of drug-likeness (QED) is 0.346. The Morgan fingerprint density at radius 3 is 2.42 bits per heavy atom. The number of β-amino-alcohol motifs (C(OH)–C–C–N with tert-alkyl or cyclic N) is 1. The number of fused-ring (bicyclic) bond motifs is 1. The third kappa shape index (κ3) is 4.75. The summed E-state index contributed by atoms with van der Waals surface area (Å²) in [6, 6.07) is 21.3. The first-order chi connectivity index (χ1) is 17.5. The molecule has 182 valence electrons. The second-order valence-corrected chi connectivity index (χ2v) is 9.80. The molecule has 0 spiro atoms. The van der Waals surface area contributed by atoms with E-state index >= 15 is 0 Å². The van der Waals surface area contributed by atoms with E-state index in [9.17, 15) is 14.7 Å². The van der Waals surface area contributed by atoms with Crippen molar-refractivity contribution in [3.8, 4) is 11.4 Å². The molecular weight excluding hydrogens is 452 g/mol. The van der Waals surface area contributed by atoms with Crippen molar-refractivity contribution in [2.45, 2.75) is 37.8 Å². The number of aromatic amines is 1. The molecule has 2 aliphatic rings. The van der Waals surface area contributed by atoms with Gasteiger partial charge in [-0.25, -0.2) is 4.98 Å². The zero-order valence-corrected chi connectivity index (χ0v) is 19.9. The van der Waals surface area contributed by atoms with Crippen LogP contribution in [0.15, 0.2) is 66.7 Å². The Morgan fingerprint density at radius 2 is 1.72 bits per heavy atom. The minimum absolute atomic E-state index is 0.0348. The number of ketones is 1. The Labute approximate surface area is 209 Å². The first-order valence-corrected chi connectivity index (χ1v) is 12.5. The molecule has 2 heterocycles. The number of rotatable bonds is 7. The average Bonchev–Trinajstić information content (AvgIpc) is 3.43. The largest absolute Gasteiger partial charge is 0.391 e. The van der Waals surface area contributed by atoms with E-state index in [4.69, 9.17) is 0 Å². The van der Waals surface area contributed by atoms with E-state index in [0.29, 0.717) is 30.1 Å². The third-order valence-electron chi connectivity index (χ3n) is 6.96. The summed E-state index contributed by atoms with van der Waals surface area (Å²) in [4.78, 5) is 35.3. The molecule has 0 bridgehead atoms. The van der Waals surface area contributed by atoms with Gasteiger partial charge in [-0.15, -0.1) is 0 Å². The summed E-state index contributed by atoms with van der Waals surface area (Å²) in [5, 5.41) is 12.8. The van der Waals surface area contributed by atoms with Crippen molar-refractivity contribution in [3.63, 3.8) is 0 Å². The molecule has 1 saturated carbocycles. The second kappa shape index (κ2) is 9.24. The van der Waals surface area contributed by atoms with Crippen LogP contribution >= 0.6 is 0 Å². The highest BCUT2D eigenvalue weighted by atomic mass is 16.3. The normalized spacial score (nSPS) is 17.5. The number of imidazole rings is 1. The van der Waals surface area contributed by atoms with E-state index in [1.165, 1.54) is 0 Å². The highest BCUT2D eigenvalue weighted by molar-refractivity contribution is 5.98. The number of carbonyl (C=O) groups excluding carboxylic acids is 2. The van der Waals surface area contributed by atoms with Crippen molar-refractivity contribution >= 4 is 28.4 Å². The van der Waals surface area contributed by atoms with E-state index in [1.54, 1.807) is 0 Å². The van der Waals surface area contributed by atoms with Crippen LogP contribution in [0.5, 0.6) is 0 Å². The van der Waals surface area contributed by atoms with Crippen LogP contribution in [-0.2, 0) is 6.42 Å². The van der Waals surface area contributed by atoms with Gasteiger partial charge in [0.15, 0.2) is 5.78 Å². The molecule has 1 aliphatic carbocycles. The fourth-order valence-electron chi connectivity index (χ4n) is 4.70. The maximum atomic E-state index is 12.9. The molecule has 6 rings (SSSR count). The number of aromatic nitrogens is 2. The summed E-state index contributed by atoms with van der Waals surface area (Å²) in [6.07, 6.45) is 2.93. The number of Topliss-reactive ketones (excluding diaryl/α,β-unsaturated/α-hetero) is 1.